The van der Waals surface area contributed by atoms with Crippen molar-refractivity contribution < 1.29 is 14.7 Å². The van der Waals surface area contributed by atoms with E-state index in [2.05, 4.69) is 20.6 Å². The van der Waals surface area contributed by atoms with Crippen LogP contribution in [0, 0.1) is 0 Å². The number of carbonyl (C=O) groups excluding carboxylic acids is 1. The largest absolute Gasteiger partial charge is 0.480 e. The van der Waals surface area contributed by atoms with Crippen molar-refractivity contribution in [1.29, 1.82) is 0 Å². The summed E-state index contributed by atoms with van der Waals surface area (Å²) in [6.07, 6.45) is 5.15. The third-order valence-electron chi connectivity index (χ3n) is 3.85. The van der Waals surface area contributed by atoms with Gasteiger partial charge < -0.3 is 21.5 Å². The number of carboxylic acids is 1. The number of aliphatic carboxylic acids is 1. The average Bonchev–Trinajstić information content (AvgIpc) is 2.64. The van der Waals surface area contributed by atoms with Crippen molar-refractivity contribution >= 4 is 12.0 Å². The summed E-state index contributed by atoms with van der Waals surface area (Å²) in [6, 6.07) is 9.49. The zero-order valence-corrected chi connectivity index (χ0v) is 14.3. The van der Waals surface area contributed by atoms with Crippen molar-refractivity contribution in [3.63, 3.8) is 0 Å². The number of amides is 2. The summed E-state index contributed by atoms with van der Waals surface area (Å²) in [7, 11) is 0. The highest BCUT2D eigenvalue weighted by atomic mass is 16.4. The molecule has 2 aromatic heterocycles. The van der Waals surface area contributed by atoms with Crippen molar-refractivity contribution in [2.75, 3.05) is 6.54 Å². The number of urea groups is 1. The first-order chi connectivity index (χ1) is 12.6. The van der Waals surface area contributed by atoms with E-state index in [9.17, 15) is 9.59 Å². The molecule has 2 heterocycles. The fourth-order valence-corrected chi connectivity index (χ4v) is 2.60. The first kappa shape index (κ1) is 19.3. The number of hydrogen-bond acceptors (Lipinski definition) is 5. The van der Waals surface area contributed by atoms with Crippen LogP contribution in [0.3, 0.4) is 0 Å². The summed E-state index contributed by atoms with van der Waals surface area (Å²) >= 11 is 0. The number of primary amides is 1. The first-order valence-electron chi connectivity index (χ1n) is 8.42. The Morgan fingerprint density at radius 2 is 1.65 bits per heavy atom. The molecule has 0 saturated carbocycles. The van der Waals surface area contributed by atoms with Gasteiger partial charge >= 0.3 is 12.0 Å². The minimum absolute atomic E-state index is 0.142. The third kappa shape index (κ3) is 6.14. The van der Waals surface area contributed by atoms with Gasteiger partial charge in [0.1, 0.15) is 6.04 Å². The summed E-state index contributed by atoms with van der Waals surface area (Å²) in [5.41, 5.74) is 6.72. The normalized spacial score (nSPS) is 11.9. The van der Waals surface area contributed by atoms with Crippen LogP contribution in [0.15, 0.2) is 48.8 Å². The summed E-state index contributed by atoms with van der Waals surface area (Å²) in [4.78, 5) is 30.7. The number of nitrogens with one attached hydrogen (secondary N) is 2. The van der Waals surface area contributed by atoms with E-state index in [0.717, 1.165) is 17.8 Å². The van der Waals surface area contributed by atoms with E-state index in [4.69, 9.17) is 10.8 Å². The lowest BCUT2D eigenvalue weighted by atomic mass is 10.1. The Kier molecular flexibility index (Phi) is 7.50. The van der Waals surface area contributed by atoms with Crippen LogP contribution in [0.4, 0.5) is 4.79 Å². The van der Waals surface area contributed by atoms with Gasteiger partial charge in [0.25, 0.3) is 0 Å². The first-order valence-corrected chi connectivity index (χ1v) is 8.42. The second kappa shape index (κ2) is 10.1. The lowest BCUT2D eigenvalue weighted by molar-refractivity contribution is -0.139. The summed E-state index contributed by atoms with van der Waals surface area (Å²) in [6.45, 7) is 0.653. The van der Waals surface area contributed by atoms with Crippen LogP contribution < -0.4 is 16.4 Å². The zero-order valence-electron chi connectivity index (χ0n) is 14.3. The maximum atomic E-state index is 11.1. The van der Waals surface area contributed by atoms with E-state index in [1.165, 1.54) is 0 Å². The molecule has 2 aromatic rings. The molecule has 0 aliphatic carbocycles. The zero-order chi connectivity index (χ0) is 18.8. The van der Waals surface area contributed by atoms with Crippen LogP contribution in [0.1, 0.15) is 36.7 Å². The predicted octanol–water partition coefficient (Wildman–Crippen LogP) is 1.45. The highest BCUT2D eigenvalue weighted by molar-refractivity contribution is 5.81. The fraction of sp³-hybridized carbons (Fsp3) is 0.333. The molecule has 0 spiro atoms. The lowest BCUT2D eigenvalue weighted by Gasteiger charge is -2.18. The van der Waals surface area contributed by atoms with Crippen LogP contribution in [0.2, 0.25) is 0 Å². The smallest absolute Gasteiger partial charge is 0.326 e. The molecule has 0 radical (unpaired) electrons. The molecule has 138 valence electrons. The number of carbonyl (C=O) groups is 2. The van der Waals surface area contributed by atoms with Gasteiger partial charge in [-0.15, -0.1) is 0 Å². The molecule has 2 rings (SSSR count). The Morgan fingerprint density at radius 1 is 1.04 bits per heavy atom. The maximum Gasteiger partial charge on any atom is 0.326 e. The standard InChI is InChI=1S/C18H23N5O3/c19-18(26)23-15(17(24)25)9-3-6-12-22-16(13-7-1-4-10-20-13)14-8-2-5-11-21-14/h1-2,4-5,7-8,10-11,15-16,22H,3,6,9,12H2,(H,24,25)(H3,19,23,26). The number of carboxylic acid groups (broad SMARTS) is 1. The molecule has 1 unspecified atom stereocenters. The molecule has 8 nitrogen and oxygen atoms in total. The van der Waals surface area contributed by atoms with Crippen LogP contribution in [0.5, 0.6) is 0 Å². The molecule has 0 aromatic carbocycles. The summed E-state index contributed by atoms with van der Waals surface area (Å²) in [5.74, 6) is -1.09. The molecule has 0 bridgehead atoms. The van der Waals surface area contributed by atoms with Crippen molar-refractivity contribution in [2.45, 2.75) is 31.3 Å². The van der Waals surface area contributed by atoms with Gasteiger partial charge in [0.05, 0.1) is 17.4 Å². The molecule has 0 aliphatic heterocycles. The van der Waals surface area contributed by atoms with E-state index in [-0.39, 0.29) is 6.04 Å². The average molecular weight is 357 g/mol. The minimum atomic E-state index is -1.09. The summed E-state index contributed by atoms with van der Waals surface area (Å²) < 4.78 is 0. The van der Waals surface area contributed by atoms with Gasteiger partial charge in [-0.25, -0.2) is 9.59 Å². The third-order valence-corrected chi connectivity index (χ3v) is 3.85. The molecule has 26 heavy (non-hydrogen) atoms. The maximum absolute atomic E-state index is 11.1. The minimum Gasteiger partial charge on any atom is -0.480 e. The lowest BCUT2D eigenvalue weighted by Crippen LogP contribution is -2.43. The number of pyridine rings is 2. The van der Waals surface area contributed by atoms with Gasteiger partial charge in [-0.1, -0.05) is 12.1 Å². The number of aromatic nitrogens is 2. The second-order valence-corrected chi connectivity index (χ2v) is 5.79. The Hall–Kier alpha value is -3.00. The van der Waals surface area contributed by atoms with Crippen LogP contribution >= 0.6 is 0 Å². The van der Waals surface area contributed by atoms with E-state index < -0.39 is 18.0 Å². The van der Waals surface area contributed by atoms with Crippen molar-refractivity contribution in [1.82, 2.24) is 20.6 Å². The molecule has 0 saturated heterocycles. The molecule has 1 atom stereocenters. The number of nitrogens with two attached hydrogens (primary N) is 1. The SMILES string of the molecule is NC(=O)NC(CCCCNC(c1ccccn1)c1ccccn1)C(=O)O. The van der Waals surface area contributed by atoms with E-state index >= 15 is 0 Å². The van der Waals surface area contributed by atoms with E-state index in [1.807, 2.05) is 36.4 Å². The number of unbranched alkanes of at least 4 members (excludes halogenated alkanes) is 1. The monoisotopic (exact) mass is 357 g/mol. The van der Waals surface area contributed by atoms with Gasteiger partial charge in [-0.3, -0.25) is 9.97 Å². The Balaban J connectivity index is 1.88. The number of nitrogens with zero attached hydrogens (tertiary/aromatic N) is 2. The Bertz CT molecular complexity index is 657. The molecule has 8 heteroatoms. The van der Waals surface area contributed by atoms with Gasteiger partial charge in [-0.2, -0.15) is 0 Å². The quantitative estimate of drug-likeness (QED) is 0.476. The molecule has 5 N–H and O–H groups in total. The van der Waals surface area contributed by atoms with Crippen molar-refractivity contribution in [3.05, 3.63) is 60.2 Å². The highest BCUT2D eigenvalue weighted by Crippen LogP contribution is 2.18. The second-order valence-electron chi connectivity index (χ2n) is 5.79. The van der Waals surface area contributed by atoms with E-state index in [1.54, 1.807) is 12.4 Å². The highest BCUT2D eigenvalue weighted by Gasteiger charge is 2.19. The van der Waals surface area contributed by atoms with Crippen LogP contribution in [0.25, 0.3) is 0 Å². The van der Waals surface area contributed by atoms with Gasteiger partial charge in [0, 0.05) is 12.4 Å². The number of hydrogen-bond donors (Lipinski definition) is 4. The molecule has 0 aliphatic rings. The van der Waals surface area contributed by atoms with Gasteiger partial charge in [-0.05, 0) is 50.1 Å². The molecule has 2 amide bonds. The molecular weight excluding hydrogens is 334 g/mol. The van der Waals surface area contributed by atoms with Crippen molar-refractivity contribution in [3.8, 4) is 0 Å². The Morgan fingerprint density at radius 3 is 2.12 bits per heavy atom. The summed E-state index contributed by atoms with van der Waals surface area (Å²) in [5, 5.41) is 14.7. The van der Waals surface area contributed by atoms with Crippen molar-refractivity contribution in [2.24, 2.45) is 5.73 Å². The Labute approximate surface area is 151 Å². The van der Waals surface area contributed by atoms with Gasteiger partial charge in [0.15, 0.2) is 0 Å². The van der Waals surface area contributed by atoms with E-state index in [0.29, 0.717) is 19.4 Å². The fourth-order valence-electron chi connectivity index (χ4n) is 2.60. The topological polar surface area (TPSA) is 130 Å². The molecule has 0 fully saturated rings. The number of rotatable bonds is 10. The van der Waals surface area contributed by atoms with Crippen LogP contribution in [-0.2, 0) is 4.79 Å². The van der Waals surface area contributed by atoms with Gasteiger partial charge in [0.2, 0.25) is 0 Å². The predicted molar refractivity (Wildman–Crippen MR) is 96.3 cm³/mol. The molecular formula is C18H23N5O3. The van der Waals surface area contributed by atoms with Crippen LogP contribution in [-0.4, -0.2) is 39.7 Å².